The summed E-state index contributed by atoms with van der Waals surface area (Å²) in [5.74, 6) is -0.349. The summed E-state index contributed by atoms with van der Waals surface area (Å²) in [7, 11) is 3.98. The van der Waals surface area contributed by atoms with Crippen molar-refractivity contribution in [2.45, 2.75) is 20.3 Å². The van der Waals surface area contributed by atoms with Crippen molar-refractivity contribution in [3.63, 3.8) is 0 Å². The molecule has 7 heteroatoms. The molecule has 2 aromatic rings. The monoisotopic (exact) mass is 374 g/mol. The second-order valence-electron chi connectivity index (χ2n) is 6.54. The van der Waals surface area contributed by atoms with Gasteiger partial charge in [0.05, 0.1) is 5.69 Å². The highest BCUT2D eigenvalue weighted by atomic mass is 32.1. The van der Waals surface area contributed by atoms with E-state index in [1.54, 1.807) is 11.0 Å². The molecule has 26 heavy (non-hydrogen) atoms. The van der Waals surface area contributed by atoms with Gasteiger partial charge in [0.2, 0.25) is 5.91 Å². The number of anilines is 1. The van der Waals surface area contributed by atoms with Crippen molar-refractivity contribution >= 4 is 28.3 Å². The van der Waals surface area contributed by atoms with Crippen LogP contribution in [0.3, 0.4) is 0 Å². The highest BCUT2D eigenvalue weighted by molar-refractivity contribution is 7.13. The normalized spacial score (nSPS) is 10.8. The lowest BCUT2D eigenvalue weighted by Gasteiger charge is -2.23. The maximum absolute atomic E-state index is 13.0. The fourth-order valence-electron chi connectivity index (χ4n) is 2.56. The molecule has 0 spiro atoms. The van der Waals surface area contributed by atoms with Crippen LogP contribution in [0.25, 0.3) is 0 Å². The molecular formula is C19H26N4O2S. The molecule has 6 nitrogen and oxygen atoms in total. The summed E-state index contributed by atoms with van der Waals surface area (Å²) in [6.45, 7) is 5.17. The Morgan fingerprint density at radius 2 is 1.88 bits per heavy atom. The van der Waals surface area contributed by atoms with Crippen LogP contribution in [0, 0.1) is 13.8 Å². The zero-order valence-electron chi connectivity index (χ0n) is 15.8. The van der Waals surface area contributed by atoms with E-state index in [9.17, 15) is 9.59 Å². The molecule has 1 aromatic carbocycles. The first-order chi connectivity index (χ1) is 12.4. The fraction of sp³-hybridized carbons (Fsp3) is 0.421. The highest BCUT2D eigenvalue weighted by Gasteiger charge is 2.20. The van der Waals surface area contributed by atoms with Crippen LogP contribution in [0.2, 0.25) is 0 Å². The van der Waals surface area contributed by atoms with E-state index in [0.29, 0.717) is 17.2 Å². The van der Waals surface area contributed by atoms with Gasteiger partial charge in [-0.2, -0.15) is 0 Å². The summed E-state index contributed by atoms with van der Waals surface area (Å²) in [5.41, 5.74) is 2.41. The van der Waals surface area contributed by atoms with Crippen molar-refractivity contribution in [1.82, 2.24) is 14.8 Å². The van der Waals surface area contributed by atoms with Gasteiger partial charge in [-0.3, -0.25) is 9.59 Å². The largest absolute Gasteiger partial charge is 0.329 e. The first-order valence-corrected chi connectivity index (χ1v) is 9.46. The van der Waals surface area contributed by atoms with Crippen molar-refractivity contribution in [2.75, 3.05) is 39.0 Å². The molecule has 0 aliphatic carbocycles. The van der Waals surface area contributed by atoms with E-state index in [1.165, 1.54) is 11.3 Å². The van der Waals surface area contributed by atoms with E-state index < -0.39 is 0 Å². The predicted octanol–water partition coefficient (Wildman–Crippen LogP) is 2.79. The number of benzene rings is 1. The van der Waals surface area contributed by atoms with Crippen LogP contribution >= 0.6 is 11.3 Å². The van der Waals surface area contributed by atoms with Gasteiger partial charge in [0.15, 0.2) is 5.13 Å². The molecule has 0 radical (unpaired) electrons. The van der Waals surface area contributed by atoms with Gasteiger partial charge in [0.1, 0.15) is 6.54 Å². The molecule has 0 fully saturated rings. The summed E-state index contributed by atoms with van der Waals surface area (Å²) in [4.78, 5) is 33.3. The molecule has 0 saturated heterocycles. The summed E-state index contributed by atoms with van der Waals surface area (Å²) in [5, 5.41) is 5.21. The Balaban J connectivity index is 2.08. The smallest absolute Gasteiger partial charge is 0.254 e. The van der Waals surface area contributed by atoms with Crippen molar-refractivity contribution in [1.29, 1.82) is 0 Å². The Hall–Kier alpha value is -2.25. The average molecular weight is 375 g/mol. The third-order valence-electron chi connectivity index (χ3n) is 3.90. The summed E-state index contributed by atoms with van der Waals surface area (Å²) in [6.07, 6.45) is 0.800. The van der Waals surface area contributed by atoms with Crippen LogP contribution in [0.4, 0.5) is 5.13 Å². The minimum absolute atomic E-state index is 0.0131. The van der Waals surface area contributed by atoms with Crippen LogP contribution < -0.4 is 5.32 Å². The highest BCUT2D eigenvalue weighted by Crippen LogP contribution is 2.15. The van der Waals surface area contributed by atoms with Crippen molar-refractivity contribution in [3.05, 3.63) is 46.5 Å². The summed E-state index contributed by atoms with van der Waals surface area (Å²) < 4.78 is 0. The second kappa shape index (κ2) is 9.45. The minimum atomic E-state index is -0.230. The van der Waals surface area contributed by atoms with E-state index in [0.717, 1.165) is 24.2 Å². The lowest BCUT2D eigenvalue weighted by atomic mass is 10.1. The van der Waals surface area contributed by atoms with Gasteiger partial charge in [-0.05, 0) is 52.5 Å². The third-order valence-corrected chi connectivity index (χ3v) is 4.77. The lowest BCUT2D eigenvalue weighted by Crippen LogP contribution is -2.39. The first-order valence-electron chi connectivity index (χ1n) is 8.58. The van der Waals surface area contributed by atoms with Crippen LogP contribution in [-0.4, -0.2) is 60.3 Å². The molecule has 0 bridgehead atoms. The maximum atomic E-state index is 13.0. The topological polar surface area (TPSA) is 65.5 Å². The molecule has 0 saturated carbocycles. The summed E-state index contributed by atoms with van der Waals surface area (Å²) in [6, 6.07) is 7.46. The van der Waals surface area contributed by atoms with Crippen LogP contribution in [0.1, 0.15) is 28.0 Å². The standard InChI is InChI=1S/C19H26N4O2S/c1-14-8-5-6-9-16(14)18(25)23(11-7-10-22(3)4)12-17(24)21-19-20-15(2)13-26-19/h5-6,8-9,13H,7,10-12H2,1-4H3,(H,20,21,24). The molecule has 2 amide bonds. The number of hydrogen-bond acceptors (Lipinski definition) is 5. The molecule has 1 N–H and O–H groups in total. The third kappa shape index (κ3) is 5.93. The number of rotatable bonds is 8. The molecule has 140 valence electrons. The first kappa shape index (κ1) is 20.1. The van der Waals surface area contributed by atoms with E-state index in [2.05, 4.69) is 15.2 Å². The molecule has 1 heterocycles. The molecule has 0 atom stereocenters. The molecule has 0 unspecified atom stereocenters. The van der Waals surface area contributed by atoms with Gasteiger partial charge >= 0.3 is 0 Å². The van der Waals surface area contributed by atoms with Crippen LogP contribution in [0.5, 0.6) is 0 Å². The van der Waals surface area contributed by atoms with Crippen molar-refractivity contribution in [3.8, 4) is 0 Å². The van der Waals surface area contributed by atoms with E-state index in [-0.39, 0.29) is 18.4 Å². The number of nitrogens with one attached hydrogen (secondary N) is 1. The second-order valence-corrected chi connectivity index (χ2v) is 7.40. The summed E-state index contributed by atoms with van der Waals surface area (Å²) >= 11 is 1.38. The van der Waals surface area contributed by atoms with Gasteiger partial charge in [0.25, 0.3) is 5.91 Å². The Morgan fingerprint density at radius 1 is 1.15 bits per heavy atom. The minimum Gasteiger partial charge on any atom is -0.329 e. The van der Waals surface area contributed by atoms with Crippen molar-refractivity contribution < 1.29 is 9.59 Å². The Morgan fingerprint density at radius 3 is 2.50 bits per heavy atom. The predicted molar refractivity (Wildman–Crippen MR) is 106 cm³/mol. The molecule has 0 aliphatic heterocycles. The average Bonchev–Trinajstić information content (AvgIpc) is 2.98. The number of carbonyl (C=O) groups is 2. The SMILES string of the molecule is Cc1csc(NC(=O)CN(CCCN(C)C)C(=O)c2ccccc2C)n1. The van der Waals surface area contributed by atoms with E-state index >= 15 is 0 Å². The number of aryl methyl sites for hydroxylation is 2. The van der Waals surface area contributed by atoms with Crippen LogP contribution in [0.15, 0.2) is 29.6 Å². The Kier molecular flexibility index (Phi) is 7.29. The molecule has 0 aliphatic rings. The molecular weight excluding hydrogens is 348 g/mol. The number of thiazole rings is 1. The molecule has 2 rings (SSSR count). The number of hydrogen-bond donors (Lipinski definition) is 1. The maximum Gasteiger partial charge on any atom is 0.254 e. The fourth-order valence-corrected chi connectivity index (χ4v) is 3.26. The van der Waals surface area contributed by atoms with Gasteiger partial charge in [-0.25, -0.2) is 4.98 Å². The lowest BCUT2D eigenvalue weighted by molar-refractivity contribution is -0.116. The van der Waals surface area contributed by atoms with E-state index in [4.69, 9.17) is 0 Å². The van der Waals surface area contributed by atoms with Gasteiger partial charge < -0.3 is 15.1 Å². The van der Waals surface area contributed by atoms with Crippen molar-refractivity contribution in [2.24, 2.45) is 0 Å². The number of aromatic nitrogens is 1. The van der Waals surface area contributed by atoms with Gasteiger partial charge in [-0.15, -0.1) is 11.3 Å². The zero-order chi connectivity index (χ0) is 19.1. The van der Waals surface area contributed by atoms with E-state index in [1.807, 2.05) is 51.5 Å². The zero-order valence-corrected chi connectivity index (χ0v) is 16.6. The quantitative estimate of drug-likeness (QED) is 0.772. The Bertz CT molecular complexity index is 758. The number of nitrogens with zero attached hydrogens (tertiary/aromatic N) is 3. The Labute approximate surface area is 158 Å². The number of amides is 2. The van der Waals surface area contributed by atoms with Gasteiger partial charge in [-0.1, -0.05) is 18.2 Å². The molecule has 1 aromatic heterocycles. The number of carbonyl (C=O) groups excluding carboxylic acids is 2. The van der Waals surface area contributed by atoms with Crippen LogP contribution in [-0.2, 0) is 4.79 Å². The van der Waals surface area contributed by atoms with Gasteiger partial charge in [0, 0.05) is 17.5 Å².